The van der Waals surface area contributed by atoms with Crippen LogP contribution < -0.4 is 5.32 Å². The number of rotatable bonds is 0. The Morgan fingerprint density at radius 2 is 2.21 bits per heavy atom. The maximum Gasteiger partial charge on any atom is 0.289 e. The van der Waals surface area contributed by atoms with E-state index < -0.39 is 10.0 Å². The lowest BCUT2D eigenvalue weighted by Crippen LogP contribution is -2.20. The van der Waals surface area contributed by atoms with E-state index in [1.54, 1.807) is 0 Å². The molecule has 0 radical (unpaired) electrons. The molecule has 0 saturated heterocycles. The third-order valence-electron chi connectivity index (χ3n) is 1.56. The van der Waals surface area contributed by atoms with Crippen LogP contribution in [-0.4, -0.2) is 24.2 Å². The lowest BCUT2D eigenvalue weighted by molar-refractivity contribution is 0.597. The second-order valence-corrected chi connectivity index (χ2v) is 4.54. The fourth-order valence-corrected chi connectivity index (χ4v) is 2.22. The summed E-state index contributed by atoms with van der Waals surface area (Å²) in [6, 6.07) is 0. The molecule has 0 fully saturated rings. The van der Waals surface area contributed by atoms with Gasteiger partial charge in [-0.25, -0.2) is 4.98 Å². The van der Waals surface area contributed by atoms with E-state index in [-0.39, 0.29) is 21.8 Å². The monoisotopic (exact) mass is 232 g/mol. The Morgan fingerprint density at radius 1 is 1.50 bits per heavy atom. The summed E-state index contributed by atoms with van der Waals surface area (Å²) in [4.78, 5) is 7.26. The molecular weight excluding hydrogens is 228 g/mol. The van der Waals surface area contributed by atoms with Crippen LogP contribution in [-0.2, 0) is 10.0 Å². The molecule has 14 heavy (non-hydrogen) atoms. The van der Waals surface area contributed by atoms with Crippen LogP contribution in [0.2, 0.25) is 5.28 Å². The van der Waals surface area contributed by atoms with Gasteiger partial charge in [0.05, 0.1) is 6.20 Å². The molecular formula is C6H5ClN4O2S. The summed E-state index contributed by atoms with van der Waals surface area (Å²) in [7, 11) is -3.67. The molecule has 0 atom stereocenters. The van der Waals surface area contributed by atoms with Crippen LogP contribution in [0.3, 0.4) is 0 Å². The van der Waals surface area contributed by atoms with E-state index in [2.05, 4.69) is 19.7 Å². The van der Waals surface area contributed by atoms with Gasteiger partial charge in [0.1, 0.15) is 5.84 Å². The van der Waals surface area contributed by atoms with Crippen molar-refractivity contribution >= 4 is 33.3 Å². The first-order valence-corrected chi connectivity index (χ1v) is 5.42. The summed E-state index contributed by atoms with van der Waals surface area (Å²) in [5, 5.41) is 2.68. The van der Waals surface area contributed by atoms with E-state index >= 15 is 0 Å². The zero-order valence-corrected chi connectivity index (χ0v) is 8.59. The minimum absolute atomic E-state index is 0.0128. The van der Waals surface area contributed by atoms with E-state index in [1.807, 2.05) is 0 Å². The second-order valence-electron chi connectivity index (χ2n) is 2.63. The van der Waals surface area contributed by atoms with E-state index in [1.165, 1.54) is 6.92 Å². The normalized spacial score (nSPS) is 18.0. The van der Waals surface area contributed by atoms with Crippen LogP contribution in [0.1, 0.15) is 6.92 Å². The summed E-state index contributed by atoms with van der Waals surface area (Å²) in [5.41, 5.74) is 0. The zero-order valence-electron chi connectivity index (χ0n) is 7.02. The molecule has 74 valence electrons. The van der Waals surface area contributed by atoms with Crippen molar-refractivity contribution in [3.05, 3.63) is 11.5 Å². The van der Waals surface area contributed by atoms with E-state index in [0.29, 0.717) is 0 Å². The first-order chi connectivity index (χ1) is 6.49. The van der Waals surface area contributed by atoms with Crippen LogP contribution >= 0.6 is 11.6 Å². The molecule has 1 aliphatic heterocycles. The molecule has 0 amide bonds. The number of nitrogens with one attached hydrogen (secondary N) is 1. The van der Waals surface area contributed by atoms with Crippen LogP contribution in [0.25, 0.3) is 0 Å². The number of sulfonamides is 1. The zero-order chi connectivity index (χ0) is 10.3. The average molecular weight is 233 g/mol. The molecule has 6 nitrogen and oxygen atoms in total. The van der Waals surface area contributed by atoms with Crippen molar-refractivity contribution in [3.8, 4) is 0 Å². The van der Waals surface area contributed by atoms with Crippen molar-refractivity contribution in [2.45, 2.75) is 11.8 Å². The van der Waals surface area contributed by atoms with Gasteiger partial charge in [-0.3, -0.25) is 0 Å². The lowest BCUT2D eigenvalue weighted by Gasteiger charge is -2.13. The summed E-state index contributed by atoms with van der Waals surface area (Å²) < 4.78 is 26.3. The van der Waals surface area contributed by atoms with Gasteiger partial charge >= 0.3 is 0 Å². The van der Waals surface area contributed by atoms with Gasteiger partial charge in [0, 0.05) is 0 Å². The average Bonchev–Trinajstić information content (AvgIpc) is 2.00. The molecule has 0 bridgehead atoms. The molecule has 1 aromatic heterocycles. The highest BCUT2D eigenvalue weighted by Crippen LogP contribution is 2.24. The first-order valence-electron chi connectivity index (χ1n) is 3.60. The third-order valence-corrected chi connectivity index (χ3v) is 3.11. The largest absolute Gasteiger partial charge is 0.327 e. The fraction of sp³-hybridized carbons (Fsp3) is 0.167. The second kappa shape index (κ2) is 2.89. The number of nitrogens with zero attached hydrogens (tertiary/aromatic N) is 3. The van der Waals surface area contributed by atoms with Gasteiger partial charge in [-0.2, -0.15) is 13.4 Å². The summed E-state index contributed by atoms with van der Waals surface area (Å²) in [6.45, 7) is 1.52. The molecule has 2 rings (SSSR count). The molecule has 8 heteroatoms. The Morgan fingerprint density at radius 3 is 2.93 bits per heavy atom. The standard InChI is InChI=1S/C6H5ClN4O2S/c1-3-9-5-4(14(12,13)11-3)2-8-6(7)10-5/h2H,1H3,(H,8,9,10,11). The van der Waals surface area contributed by atoms with Crippen molar-refractivity contribution in [1.29, 1.82) is 0 Å². The Labute approximate surface area is 85.1 Å². The third kappa shape index (κ3) is 1.44. The minimum atomic E-state index is -3.67. The highest BCUT2D eigenvalue weighted by molar-refractivity contribution is 7.90. The number of aromatic nitrogens is 2. The number of hydrogen-bond donors (Lipinski definition) is 1. The van der Waals surface area contributed by atoms with Gasteiger partial charge in [0.15, 0.2) is 10.7 Å². The van der Waals surface area contributed by atoms with Crippen molar-refractivity contribution < 1.29 is 8.42 Å². The lowest BCUT2D eigenvalue weighted by atomic mass is 10.5. The van der Waals surface area contributed by atoms with Crippen molar-refractivity contribution in [2.75, 3.05) is 5.32 Å². The van der Waals surface area contributed by atoms with Gasteiger partial charge < -0.3 is 5.32 Å². The van der Waals surface area contributed by atoms with Crippen LogP contribution in [0.15, 0.2) is 15.5 Å². The van der Waals surface area contributed by atoms with Crippen LogP contribution in [0, 0.1) is 0 Å². The summed E-state index contributed by atoms with van der Waals surface area (Å²) >= 11 is 5.52. The number of fused-ring (bicyclic) bond motifs is 1. The SMILES string of the molecule is CC1=NS(=O)(=O)c2cnc(Cl)nc2N1. The summed E-state index contributed by atoms with van der Waals surface area (Å²) in [5.74, 6) is 0.421. The van der Waals surface area contributed by atoms with Gasteiger partial charge in [-0.1, -0.05) is 0 Å². The molecule has 0 aliphatic carbocycles. The highest BCUT2D eigenvalue weighted by atomic mass is 35.5. The van der Waals surface area contributed by atoms with E-state index in [0.717, 1.165) is 6.20 Å². The first kappa shape index (κ1) is 9.35. The van der Waals surface area contributed by atoms with E-state index in [9.17, 15) is 8.42 Å². The van der Waals surface area contributed by atoms with Crippen LogP contribution in [0.4, 0.5) is 5.82 Å². The number of hydrogen-bond acceptors (Lipinski definition) is 5. The molecule has 2 heterocycles. The molecule has 0 saturated carbocycles. The fourth-order valence-electron chi connectivity index (χ4n) is 1.05. The van der Waals surface area contributed by atoms with Crippen LogP contribution in [0.5, 0.6) is 0 Å². The van der Waals surface area contributed by atoms with E-state index in [4.69, 9.17) is 11.6 Å². The minimum Gasteiger partial charge on any atom is -0.327 e. The number of anilines is 1. The Kier molecular flexibility index (Phi) is 1.93. The molecule has 1 aliphatic rings. The predicted molar refractivity (Wildman–Crippen MR) is 51.0 cm³/mol. The van der Waals surface area contributed by atoms with Gasteiger partial charge in [0.25, 0.3) is 10.0 Å². The van der Waals surface area contributed by atoms with Crippen molar-refractivity contribution in [2.24, 2.45) is 4.40 Å². The van der Waals surface area contributed by atoms with Gasteiger partial charge in [-0.15, -0.1) is 4.40 Å². The maximum atomic E-state index is 11.4. The predicted octanol–water partition coefficient (Wildman–Crippen LogP) is 0.663. The Bertz CT molecular complexity index is 525. The van der Waals surface area contributed by atoms with Crippen molar-refractivity contribution in [1.82, 2.24) is 9.97 Å². The number of amidine groups is 1. The van der Waals surface area contributed by atoms with Gasteiger partial charge in [-0.05, 0) is 18.5 Å². The number of halogens is 1. The Balaban J connectivity index is 2.71. The van der Waals surface area contributed by atoms with Gasteiger partial charge in [0.2, 0.25) is 5.28 Å². The smallest absolute Gasteiger partial charge is 0.289 e. The maximum absolute atomic E-state index is 11.4. The molecule has 1 N–H and O–H groups in total. The quantitative estimate of drug-likeness (QED) is 0.665. The topological polar surface area (TPSA) is 84.3 Å². The molecule has 0 aromatic carbocycles. The Hall–Kier alpha value is -1.21. The molecule has 1 aromatic rings. The molecule has 0 spiro atoms. The highest BCUT2D eigenvalue weighted by Gasteiger charge is 2.25. The summed E-state index contributed by atoms with van der Waals surface area (Å²) in [6.07, 6.45) is 1.13. The van der Waals surface area contributed by atoms with Crippen molar-refractivity contribution in [3.63, 3.8) is 0 Å². The molecule has 0 unspecified atom stereocenters.